The Morgan fingerprint density at radius 1 is 1.11 bits per heavy atom. The summed E-state index contributed by atoms with van der Waals surface area (Å²) in [6, 6.07) is 6.29. The number of hydrogen-bond acceptors (Lipinski definition) is 4. The SMILES string of the molecule is CN=C(NCCOc1cc(C)cc(C)c1)N1CCC(OCCCOC)CC1. The van der Waals surface area contributed by atoms with Crippen molar-refractivity contribution in [2.75, 3.05) is 53.6 Å². The molecule has 1 aromatic rings. The number of piperidine rings is 1. The second-order valence-corrected chi connectivity index (χ2v) is 7.05. The molecule has 0 aromatic heterocycles. The van der Waals surface area contributed by atoms with E-state index >= 15 is 0 Å². The van der Waals surface area contributed by atoms with Gasteiger partial charge in [0.1, 0.15) is 12.4 Å². The number of guanidine groups is 1. The van der Waals surface area contributed by atoms with Crippen molar-refractivity contribution in [1.82, 2.24) is 10.2 Å². The molecular formula is C21H35N3O3. The Labute approximate surface area is 163 Å². The van der Waals surface area contributed by atoms with Crippen molar-refractivity contribution in [3.63, 3.8) is 0 Å². The van der Waals surface area contributed by atoms with E-state index in [9.17, 15) is 0 Å². The van der Waals surface area contributed by atoms with E-state index in [1.807, 2.05) is 7.05 Å². The van der Waals surface area contributed by atoms with Crippen LogP contribution < -0.4 is 10.1 Å². The maximum atomic E-state index is 5.93. The Hall–Kier alpha value is -1.79. The molecule has 1 aliphatic rings. The van der Waals surface area contributed by atoms with E-state index in [0.29, 0.717) is 12.7 Å². The topological polar surface area (TPSA) is 55.3 Å². The minimum absolute atomic E-state index is 0.351. The second kappa shape index (κ2) is 11.8. The van der Waals surface area contributed by atoms with E-state index in [-0.39, 0.29) is 0 Å². The van der Waals surface area contributed by atoms with Gasteiger partial charge in [-0.05, 0) is 56.4 Å². The van der Waals surface area contributed by atoms with Gasteiger partial charge in [0.2, 0.25) is 0 Å². The van der Waals surface area contributed by atoms with Crippen molar-refractivity contribution in [2.24, 2.45) is 4.99 Å². The summed E-state index contributed by atoms with van der Waals surface area (Å²) >= 11 is 0. The number of benzene rings is 1. The quantitative estimate of drug-likeness (QED) is 0.407. The van der Waals surface area contributed by atoms with E-state index in [1.165, 1.54) is 11.1 Å². The smallest absolute Gasteiger partial charge is 0.193 e. The summed E-state index contributed by atoms with van der Waals surface area (Å²) in [5.74, 6) is 1.87. The van der Waals surface area contributed by atoms with Gasteiger partial charge in [-0.25, -0.2) is 0 Å². The van der Waals surface area contributed by atoms with Crippen LogP contribution in [0, 0.1) is 13.8 Å². The predicted molar refractivity (Wildman–Crippen MR) is 110 cm³/mol. The molecule has 1 N–H and O–H groups in total. The molecule has 0 unspecified atom stereocenters. The fourth-order valence-electron chi connectivity index (χ4n) is 3.37. The molecule has 0 aliphatic carbocycles. The minimum Gasteiger partial charge on any atom is -0.492 e. The third-order valence-corrected chi connectivity index (χ3v) is 4.65. The third kappa shape index (κ3) is 7.77. The van der Waals surface area contributed by atoms with Crippen molar-refractivity contribution in [3.05, 3.63) is 29.3 Å². The zero-order valence-electron chi connectivity index (χ0n) is 17.3. The molecule has 6 heteroatoms. The number of nitrogens with one attached hydrogen (secondary N) is 1. The van der Waals surface area contributed by atoms with Crippen LogP contribution in [0.4, 0.5) is 0 Å². The molecule has 1 saturated heterocycles. The first-order valence-electron chi connectivity index (χ1n) is 9.89. The van der Waals surface area contributed by atoms with Crippen LogP contribution in [-0.2, 0) is 9.47 Å². The fourth-order valence-corrected chi connectivity index (χ4v) is 3.37. The van der Waals surface area contributed by atoms with Gasteiger partial charge in [0.05, 0.1) is 12.6 Å². The monoisotopic (exact) mass is 377 g/mol. The standard InChI is InChI=1S/C21H35N3O3/c1-17-14-18(2)16-20(15-17)27-13-8-23-21(22-3)24-9-6-19(7-10-24)26-12-5-11-25-4/h14-16,19H,5-13H2,1-4H3,(H,22,23). The van der Waals surface area contributed by atoms with Crippen molar-refractivity contribution in [1.29, 1.82) is 0 Å². The number of nitrogens with zero attached hydrogens (tertiary/aromatic N) is 2. The molecule has 0 saturated carbocycles. The number of methoxy groups -OCH3 is 1. The first-order chi connectivity index (χ1) is 13.1. The van der Waals surface area contributed by atoms with Crippen molar-refractivity contribution >= 4 is 5.96 Å². The van der Waals surface area contributed by atoms with Crippen molar-refractivity contribution < 1.29 is 14.2 Å². The van der Waals surface area contributed by atoms with E-state index in [0.717, 1.165) is 63.8 Å². The lowest BCUT2D eigenvalue weighted by atomic mass is 10.1. The molecule has 1 aromatic carbocycles. The molecule has 1 aliphatic heterocycles. The van der Waals surface area contributed by atoms with E-state index in [2.05, 4.69) is 47.3 Å². The Balaban J connectivity index is 1.65. The summed E-state index contributed by atoms with van der Waals surface area (Å²) in [7, 11) is 3.56. The van der Waals surface area contributed by atoms with Crippen LogP contribution in [0.15, 0.2) is 23.2 Å². The Morgan fingerprint density at radius 3 is 2.44 bits per heavy atom. The molecule has 0 bridgehead atoms. The highest BCUT2D eigenvalue weighted by Gasteiger charge is 2.21. The maximum Gasteiger partial charge on any atom is 0.193 e. The lowest BCUT2D eigenvalue weighted by Crippen LogP contribution is -2.47. The highest BCUT2D eigenvalue weighted by Crippen LogP contribution is 2.16. The van der Waals surface area contributed by atoms with Crippen molar-refractivity contribution in [3.8, 4) is 5.75 Å². The number of likely N-dealkylation sites (tertiary alicyclic amines) is 1. The molecule has 1 heterocycles. The van der Waals surface area contributed by atoms with Gasteiger partial charge in [-0.2, -0.15) is 0 Å². The zero-order chi connectivity index (χ0) is 19.5. The molecule has 0 amide bonds. The highest BCUT2D eigenvalue weighted by molar-refractivity contribution is 5.79. The molecular weight excluding hydrogens is 342 g/mol. The number of aryl methyl sites for hydroxylation is 2. The first kappa shape index (κ1) is 21.5. The Morgan fingerprint density at radius 2 is 1.81 bits per heavy atom. The van der Waals surface area contributed by atoms with Crippen LogP contribution in [0.3, 0.4) is 0 Å². The average Bonchev–Trinajstić information content (AvgIpc) is 2.65. The van der Waals surface area contributed by atoms with Gasteiger partial charge in [0.15, 0.2) is 5.96 Å². The summed E-state index contributed by atoms with van der Waals surface area (Å²) in [5, 5.41) is 3.41. The maximum absolute atomic E-state index is 5.93. The van der Waals surface area contributed by atoms with Gasteiger partial charge >= 0.3 is 0 Å². The summed E-state index contributed by atoms with van der Waals surface area (Å²) in [6.07, 6.45) is 3.38. The molecule has 0 radical (unpaired) electrons. The predicted octanol–water partition coefficient (Wildman–Crippen LogP) is 2.78. The number of aliphatic imine (C=N–C) groups is 1. The number of rotatable bonds is 9. The average molecular weight is 378 g/mol. The molecule has 2 rings (SSSR count). The van der Waals surface area contributed by atoms with Crippen LogP contribution in [0.2, 0.25) is 0 Å². The fraction of sp³-hybridized carbons (Fsp3) is 0.667. The third-order valence-electron chi connectivity index (χ3n) is 4.65. The van der Waals surface area contributed by atoms with Crippen LogP contribution in [0.25, 0.3) is 0 Å². The van der Waals surface area contributed by atoms with Crippen LogP contribution in [0.1, 0.15) is 30.4 Å². The van der Waals surface area contributed by atoms with Crippen LogP contribution in [0.5, 0.6) is 5.75 Å². The van der Waals surface area contributed by atoms with Gasteiger partial charge in [-0.3, -0.25) is 4.99 Å². The second-order valence-electron chi connectivity index (χ2n) is 7.05. The Kier molecular flexibility index (Phi) is 9.42. The van der Waals surface area contributed by atoms with Crippen molar-refractivity contribution in [2.45, 2.75) is 39.2 Å². The van der Waals surface area contributed by atoms with Gasteiger partial charge in [0.25, 0.3) is 0 Å². The van der Waals surface area contributed by atoms with Crippen LogP contribution in [-0.4, -0.2) is 70.6 Å². The molecule has 27 heavy (non-hydrogen) atoms. The van der Waals surface area contributed by atoms with Gasteiger partial charge < -0.3 is 24.4 Å². The lowest BCUT2D eigenvalue weighted by molar-refractivity contribution is 0.00989. The van der Waals surface area contributed by atoms with Gasteiger partial charge in [0, 0.05) is 40.5 Å². The zero-order valence-corrected chi connectivity index (χ0v) is 17.3. The molecule has 152 valence electrons. The Bertz CT molecular complexity index is 564. The number of ether oxygens (including phenoxy) is 3. The lowest BCUT2D eigenvalue weighted by Gasteiger charge is -2.34. The minimum atomic E-state index is 0.351. The summed E-state index contributed by atoms with van der Waals surface area (Å²) in [5.41, 5.74) is 2.45. The summed E-state index contributed by atoms with van der Waals surface area (Å²) < 4.78 is 16.8. The molecule has 0 atom stereocenters. The first-order valence-corrected chi connectivity index (χ1v) is 9.89. The summed E-state index contributed by atoms with van der Waals surface area (Å²) in [6.45, 7) is 8.99. The molecule has 1 fully saturated rings. The van der Waals surface area contributed by atoms with E-state index < -0.39 is 0 Å². The summed E-state index contributed by atoms with van der Waals surface area (Å²) in [4.78, 5) is 6.71. The van der Waals surface area contributed by atoms with Crippen LogP contribution >= 0.6 is 0 Å². The van der Waals surface area contributed by atoms with E-state index in [4.69, 9.17) is 14.2 Å². The number of hydrogen-bond donors (Lipinski definition) is 1. The normalized spacial score (nSPS) is 15.9. The molecule has 6 nitrogen and oxygen atoms in total. The van der Waals surface area contributed by atoms with E-state index in [1.54, 1.807) is 7.11 Å². The molecule has 0 spiro atoms. The van der Waals surface area contributed by atoms with Gasteiger partial charge in [-0.15, -0.1) is 0 Å². The van der Waals surface area contributed by atoms with Gasteiger partial charge in [-0.1, -0.05) is 6.07 Å². The largest absolute Gasteiger partial charge is 0.492 e. The highest BCUT2D eigenvalue weighted by atomic mass is 16.5.